The second-order valence-electron chi connectivity index (χ2n) is 5.48. The predicted octanol–water partition coefficient (Wildman–Crippen LogP) is 4.31. The Morgan fingerprint density at radius 2 is 1.79 bits per heavy atom. The van der Waals surface area contributed by atoms with Crippen LogP contribution in [0, 0.1) is 11.5 Å². The maximum atomic E-state index is 5.48. The number of hydrogen-bond acceptors (Lipinski definition) is 2. The van der Waals surface area contributed by atoms with Crippen LogP contribution in [0.2, 0.25) is 19.6 Å². The molecule has 1 atom stereocenters. The van der Waals surface area contributed by atoms with E-state index < -0.39 is 8.07 Å². The molecule has 2 aromatic rings. The smallest absolute Gasteiger partial charge is 0.146 e. The zero-order valence-electron chi connectivity index (χ0n) is 11.6. The zero-order valence-corrected chi connectivity index (χ0v) is 12.6. The van der Waals surface area contributed by atoms with Crippen LogP contribution in [0.4, 0.5) is 5.69 Å². The van der Waals surface area contributed by atoms with Gasteiger partial charge in [0.25, 0.3) is 0 Å². The third kappa shape index (κ3) is 4.35. The summed E-state index contributed by atoms with van der Waals surface area (Å²) in [6.07, 6.45) is 1.69. The van der Waals surface area contributed by atoms with Crippen molar-refractivity contribution in [3.63, 3.8) is 0 Å². The molecule has 3 heteroatoms. The van der Waals surface area contributed by atoms with Crippen LogP contribution in [0.1, 0.15) is 11.8 Å². The molecule has 0 saturated carbocycles. The van der Waals surface area contributed by atoms with E-state index in [1.54, 1.807) is 6.26 Å². The Morgan fingerprint density at radius 3 is 2.37 bits per heavy atom. The van der Waals surface area contributed by atoms with Crippen molar-refractivity contribution in [2.24, 2.45) is 0 Å². The summed E-state index contributed by atoms with van der Waals surface area (Å²) in [6, 6.07) is 13.8. The highest BCUT2D eigenvalue weighted by Gasteiger charge is 2.13. The van der Waals surface area contributed by atoms with Gasteiger partial charge in [0.2, 0.25) is 0 Å². The zero-order chi connectivity index (χ0) is 13.7. The van der Waals surface area contributed by atoms with Crippen LogP contribution in [0.3, 0.4) is 0 Å². The first kappa shape index (κ1) is 13.5. The van der Waals surface area contributed by atoms with E-state index in [0.717, 1.165) is 11.4 Å². The molecule has 1 N–H and O–H groups in total. The summed E-state index contributed by atoms with van der Waals surface area (Å²) in [5.41, 5.74) is 4.45. The maximum Gasteiger partial charge on any atom is 0.146 e. The van der Waals surface area contributed by atoms with Gasteiger partial charge in [-0.15, -0.1) is 5.54 Å². The highest BCUT2D eigenvalue weighted by atomic mass is 28.3. The summed E-state index contributed by atoms with van der Waals surface area (Å²) in [7, 11) is -1.39. The van der Waals surface area contributed by atoms with Crippen LogP contribution >= 0.6 is 0 Å². The first-order valence-electron chi connectivity index (χ1n) is 6.42. The summed E-state index contributed by atoms with van der Waals surface area (Å²) in [5, 5.41) is 3.41. The van der Waals surface area contributed by atoms with E-state index in [9.17, 15) is 0 Å². The Bertz CT molecular complexity index is 558. The summed E-state index contributed by atoms with van der Waals surface area (Å²) in [4.78, 5) is 0. The fraction of sp³-hybridized carbons (Fsp3) is 0.250. The third-order valence-corrected chi connectivity index (χ3v) is 3.40. The molecule has 0 amide bonds. The molecule has 1 unspecified atom stereocenters. The van der Waals surface area contributed by atoms with Crippen molar-refractivity contribution in [1.82, 2.24) is 0 Å². The third-order valence-electron chi connectivity index (χ3n) is 2.50. The SMILES string of the molecule is C[Si](C)(C)C#CC(Nc1ccccc1)c1ccco1. The topological polar surface area (TPSA) is 25.2 Å². The van der Waals surface area contributed by atoms with Gasteiger partial charge in [0.05, 0.1) is 6.26 Å². The quantitative estimate of drug-likeness (QED) is 0.663. The van der Waals surface area contributed by atoms with Gasteiger partial charge in [0.1, 0.15) is 19.9 Å². The van der Waals surface area contributed by atoms with Crippen LogP contribution in [0.15, 0.2) is 53.1 Å². The minimum absolute atomic E-state index is 0.0934. The largest absolute Gasteiger partial charge is 0.466 e. The van der Waals surface area contributed by atoms with Crippen molar-refractivity contribution in [1.29, 1.82) is 0 Å². The standard InChI is InChI=1S/C16H19NOSi/c1-19(2,3)13-11-15(16-10-7-12-18-16)17-14-8-5-4-6-9-14/h4-10,12,15,17H,1-3H3. The van der Waals surface area contributed by atoms with Crippen molar-refractivity contribution < 1.29 is 4.42 Å². The predicted molar refractivity (Wildman–Crippen MR) is 82.6 cm³/mol. The average Bonchev–Trinajstić information content (AvgIpc) is 2.88. The first-order chi connectivity index (χ1) is 9.04. The number of anilines is 1. The van der Waals surface area contributed by atoms with Crippen LogP contribution in [-0.2, 0) is 0 Å². The summed E-state index contributed by atoms with van der Waals surface area (Å²) in [6.45, 7) is 6.71. The molecule has 1 aromatic heterocycles. The van der Waals surface area contributed by atoms with Gasteiger partial charge in [-0.3, -0.25) is 0 Å². The first-order valence-corrected chi connectivity index (χ1v) is 9.92. The monoisotopic (exact) mass is 269 g/mol. The fourth-order valence-electron chi connectivity index (χ4n) is 1.62. The van der Waals surface area contributed by atoms with E-state index in [-0.39, 0.29) is 6.04 Å². The molecule has 0 radical (unpaired) electrons. The lowest BCUT2D eigenvalue weighted by atomic mass is 10.2. The average molecular weight is 269 g/mol. The van der Waals surface area contributed by atoms with Gasteiger partial charge in [0.15, 0.2) is 0 Å². The molecule has 1 aromatic carbocycles. The van der Waals surface area contributed by atoms with Gasteiger partial charge in [0, 0.05) is 5.69 Å². The summed E-state index contributed by atoms with van der Waals surface area (Å²) in [5.74, 6) is 4.17. The Kier molecular flexibility index (Phi) is 4.13. The molecule has 0 aliphatic carbocycles. The second-order valence-corrected chi connectivity index (χ2v) is 10.2. The minimum Gasteiger partial charge on any atom is -0.466 e. The molecule has 0 aliphatic heterocycles. The van der Waals surface area contributed by atoms with Crippen molar-refractivity contribution >= 4 is 13.8 Å². The van der Waals surface area contributed by atoms with Crippen LogP contribution < -0.4 is 5.32 Å². The highest BCUT2D eigenvalue weighted by molar-refractivity contribution is 6.83. The Labute approximate surface area is 115 Å². The molecule has 98 valence electrons. The molecule has 0 fully saturated rings. The van der Waals surface area contributed by atoms with Crippen LogP contribution in [0.25, 0.3) is 0 Å². The van der Waals surface area contributed by atoms with E-state index >= 15 is 0 Å². The molecule has 2 nitrogen and oxygen atoms in total. The second kappa shape index (κ2) is 5.81. The number of rotatable bonds is 3. The molecule has 0 spiro atoms. The minimum atomic E-state index is -1.39. The van der Waals surface area contributed by atoms with Crippen molar-refractivity contribution in [2.45, 2.75) is 25.7 Å². The normalized spacial score (nSPS) is 12.4. The van der Waals surface area contributed by atoms with Crippen molar-refractivity contribution in [3.8, 4) is 11.5 Å². The van der Waals surface area contributed by atoms with Crippen molar-refractivity contribution in [3.05, 3.63) is 54.5 Å². The summed E-state index contributed by atoms with van der Waals surface area (Å²) >= 11 is 0. The molecule has 1 heterocycles. The molecular weight excluding hydrogens is 250 g/mol. The lowest BCUT2D eigenvalue weighted by Crippen LogP contribution is -2.18. The fourth-order valence-corrected chi connectivity index (χ4v) is 2.20. The number of hydrogen-bond donors (Lipinski definition) is 1. The number of para-hydroxylation sites is 1. The van der Waals surface area contributed by atoms with Gasteiger partial charge in [-0.2, -0.15) is 0 Å². The molecular formula is C16H19NOSi. The molecule has 2 rings (SSSR count). The van der Waals surface area contributed by atoms with Gasteiger partial charge >= 0.3 is 0 Å². The Balaban J connectivity index is 2.22. The Morgan fingerprint density at radius 1 is 1.05 bits per heavy atom. The lowest BCUT2D eigenvalue weighted by molar-refractivity contribution is 0.506. The van der Waals surface area contributed by atoms with Gasteiger partial charge in [-0.05, 0) is 24.3 Å². The van der Waals surface area contributed by atoms with E-state index in [0.29, 0.717) is 0 Å². The molecule has 0 aliphatic rings. The number of benzene rings is 1. The van der Waals surface area contributed by atoms with E-state index in [2.05, 4.69) is 36.4 Å². The van der Waals surface area contributed by atoms with Crippen LogP contribution in [-0.4, -0.2) is 8.07 Å². The molecule has 19 heavy (non-hydrogen) atoms. The lowest BCUT2D eigenvalue weighted by Gasteiger charge is -2.13. The van der Waals surface area contributed by atoms with Gasteiger partial charge in [-0.25, -0.2) is 0 Å². The number of nitrogens with one attached hydrogen (secondary N) is 1. The van der Waals surface area contributed by atoms with E-state index in [1.807, 2.05) is 42.5 Å². The van der Waals surface area contributed by atoms with E-state index in [1.165, 1.54) is 0 Å². The highest BCUT2D eigenvalue weighted by Crippen LogP contribution is 2.19. The van der Waals surface area contributed by atoms with Crippen molar-refractivity contribution in [2.75, 3.05) is 5.32 Å². The Hall–Kier alpha value is -1.92. The maximum absolute atomic E-state index is 5.48. The van der Waals surface area contributed by atoms with Gasteiger partial charge in [-0.1, -0.05) is 43.8 Å². The number of furan rings is 1. The van der Waals surface area contributed by atoms with E-state index in [4.69, 9.17) is 4.42 Å². The van der Waals surface area contributed by atoms with Crippen LogP contribution in [0.5, 0.6) is 0 Å². The summed E-state index contributed by atoms with van der Waals surface area (Å²) < 4.78 is 5.48. The molecule has 0 bridgehead atoms. The molecule has 0 saturated heterocycles. The van der Waals surface area contributed by atoms with Gasteiger partial charge < -0.3 is 9.73 Å².